The SMILES string of the molecule is C[C-](C)C.NC(=O)O.[K+]. The first-order chi connectivity index (χ1) is 3.46. The molecule has 0 saturated carbocycles. The third-order valence-electron chi connectivity index (χ3n) is 0. The normalized spacial score (nSPS) is 6.67. The number of hydrogen-bond donors (Lipinski definition) is 2. The van der Waals surface area contributed by atoms with E-state index in [-0.39, 0.29) is 51.4 Å². The molecule has 9 heavy (non-hydrogen) atoms. The van der Waals surface area contributed by atoms with Gasteiger partial charge in [-0.2, -0.15) is 20.8 Å². The predicted molar refractivity (Wildman–Crippen MR) is 32.5 cm³/mol. The third kappa shape index (κ3) is 517. The maximum absolute atomic E-state index is 8.78. The molecule has 50 valence electrons. The summed E-state index contributed by atoms with van der Waals surface area (Å²) in [6.45, 7) is 6.25. The second-order valence-electron chi connectivity index (χ2n) is 1.84. The Kier molecular flexibility index (Phi) is 21.4. The second kappa shape index (κ2) is 11.7. The molecule has 0 aromatic rings. The fourth-order valence-electron chi connectivity index (χ4n) is 0. The zero-order valence-electron chi connectivity index (χ0n) is 6.43. The Hall–Kier alpha value is 0.906. The first-order valence-electron chi connectivity index (χ1n) is 2.22. The van der Waals surface area contributed by atoms with Crippen molar-refractivity contribution in [2.45, 2.75) is 20.8 Å². The minimum absolute atomic E-state index is 0. The van der Waals surface area contributed by atoms with Crippen LogP contribution in [-0.4, -0.2) is 11.2 Å². The molecule has 1 amide bonds. The number of amides is 1. The van der Waals surface area contributed by atoms with E-state index in [1.54, 1.807) is 0 Å². The van der Waals surface area contributed by atoms with E-state index in [9.17, 15) is 0 Å². The molecule has 0 fully saturated rings. The summed E-state index contributed by atoms with van der Waals surface area (Å²) in [4.78, 5) is 8.78. The van der Waals surface area contributed by atoms with Gasteiger partial charge in [0.05, 0.1) is 0 Å². The van der Waals surface area contributed by atoms with Gasteiger partial charge in [-0.15, -0.1) is 0 Å². The van der Waals surface area contributed by atoms with Gasteiger partial charge in [-0.05, 0) is 0 Å². The molecule has 0 heterocycles. The van der Waals surface area contributed by atoms with Crippen molar-refractivity contribution in [2.24, 2.45) is 5.73 Å². The second-order valence-corrected chi connectivity index (χ2v) is 1.84. The van der Waals surface area contributed by atoms with Crippen molar-refractivity contribution in [1.82, 2.24) is 0 Å². The van der Waals surface area contributed by atoms with Crippen molar-refractivity contribution in [3.63, 3.8) is 0 Å². The Morgan fingerprint density at radius 1 is 1.44 bits per heavy atom. The first-order valence-corrected chi connectivity index (χ1v) is 2.22. The Balaban J connectivity index is -0.0000000720. The zero-order valence-corrected chi connectivity index (χ0v) is 9.56. The van der Waals surface area contributed by atoms with Crippen LogP contribution >= 0.6 is 0 Å². The molecule has 0 saturated heterocycles. The van der Waals surface area contributed by atoms with Crippen LogP contribution in [0.5, 0.6) is 0 Å². The van der Waals surface area contributed by atoms with E-state index in [1.165, 1.54) is 5.92 Å². The Morgan fingerprint density at radius 2 is 1.44 bits per heavy atom. The predicted octanol–water partition coefficient (Wildman–Crippen LogP) is -1.75. The Labute approximate surface area is 98.4 Å². The number of rotatable bonds is 0. The van der Waals surface area contributed by atoms with E-state index in [1.807, 2.05) is 0 Å². The molecular weight excluding hydrogens is 145 g/mol. The zero-order chi connectivity index (χ0) is 7.15. The molecule has 0 aliphatic heterocycles. The number of carboxylic acid groups (broad SMARTS) is 1. The molecule has 0 unspecified atom stereocenters. The maximum atomic E-state index is 8.78. The van der Waals surface area contributed by atoms with Crippen molar-refractivity contribution in [2.75, 3.05) is 0 Å². The number of hydrogen-bond acceptors (Lipinski definition) is 1. The van der Waals surface area contributed by atoms with Crippen molar-refractivity contribution in [3.05, 3.63) is 5.92 Å². The van der Waals surface area contributed by atoms with Gasteiger partial charge in [-0.3, -0.25) is 0 Å². The van der Waals surface area contributed by atoms with E-state index >= 15 is 0 Å². The molecule has 0 radical (unpaired) electrons. The Morgan fingerprint density at radius 3 is 1.44 bits per heavy atom. The molecule has 0 aliphatic rings. The molecule has 3 nitrogen and oxygen atoms in total. The van der Waals surface area contributed by atoms with E-state index in [4.69, 9.17) is 9.90 Å². The minimum atomic E-state index is -1.33. The van der Waals surface area contributed by atoms with Gasteiger partial charge in [-0.1, -0.05) is 0 Å². The average molecular weight is 157 g/mol. The average Bonchev–Trinajstić information content (AvgIpc) is 1.25. The molecule has 0 spiro atoms. The van der Waals surface area contributed by atoms with Crippen LogP contribution in [0.4, 0.5) is 4.79 Å². The summed E-state index contributed by atoms with van der Waals surface area (Å²) >= 11 is 0. The van der Waals surface area contributed by atoms with Gasteiger partial charge in [-0.25, -0.2) is 4.79 Å². The molecule has 0 rings (SSSR count). The number of nitrogens with two attached hydrogens (primary N) is 1. The smallest absolute Gasteiger partial charge is 0.465 e. The van der Waals surface area contributed by atoms with E-state index in [0.717, 1.165) is 0 Å². The van der Waals surface area contributed by atoms with Crippen molar-refractivity contribution < 1.29 is 61.3 Å². The van der Waals surface area contributed by atoms with E-state index < -0.39 is 6.09 Å². The summed E-state index contributed by atoms with van der Waals surface area (Å²) in [5, 5.41) is 7.19. The maximum Gasteiger partial charge on any atom is 1.00 e. The van der Waals surface area contributed by atoms with E-state index in [0.29, 0.717) is 0 Å². The molecule has 0 bridgehead atoms. The number of primary amides is 1. The van der Waals surface area contributed by atoms with Crippen LogP contribution in [0.25, 0.3) is 0 Å². The van der Waals surface area contributed by atoms with Crippen LogP contribution < -0.4 is 57.1 Å². The molecule has 0 atom stereocenters. The van der Waals surface area contributed by atoms with Crippen LogP contribution in [0.15, 0.2) is 0 Å². The van der Waals surface area contributed by atoms with Crippen molar-refractivity contribution >= 4 is 6.09 Å². The van der Waals surface area contributed by atoms with Gasteiger partial charge in [0.1, 0.15) is 0 Å². The largest absolute Gasteiger partial charge is 1.00 e. The van der Waals surface area contributed by atoms with Crippen molar-refractivity contribution in [1.29, 1.82) is 0 Å². The summed E-state index contributed by atoms with van der Waals surface area (Å²) in [6.07, 6.45) is -1.33. The van der Waals surface area contributed by atoms with Crippen LogP contribution in [0.2, 0.25) is 0 Å². The molecule has 0 aromatic carbocycles. The fourth-order valence-corrected chi connectivity index (χ4v) is 0. The van der Waals surface area contributed by atoms with E-state index in [2.05, 4.69) is 26.5 Å². The standard InChI is InChI=1S/C4H9.CH3NO2.K/c1-4(2)3;2-1(3)4;/h1-3H3;2H2,(H,3,4);/q-1;;+1. The van der Waals surface area contributed by atoms with Crippen LogP contribution in [-0.2, 0) is 0 Å². The summed E-state index contributed by atoms with van der Waals surface area (Å²) in [5.74, 6) is 1.42. The number of carbonyl (C=O) groups is 1. The summed E-state index contributed by atoms with van der Waals surface area (Å²) in [6, 6.07) is 0. The van der Waals surface area contributed by atoms with Gasteiger partial charge in [0.25, 0.3) is 0 Å². The summed E-state index contributed by atoms with van der Waals surface area (Å²) in [7, 11) is 0. The molecule has 0 aliphatic carbocycles. The first kappa shape index (κ1) is 16.5. The van der Waals surface area contributed by atoms with Crippen LogP contribution in [0.3, 0.4) is 0 Å². The van der Waals surface area contributed by atoms with Gasteiger partial charge in [0, 0.05) is 0 Å². The van der Waals surface area contributed by atoms with Gasteiger partial charge in [0.2, 0.25) is 0 Å². The molecule has 0 aromatic heterocycles. The molecule has 3 N–H and O–H groups in total. The molecule has 4 heteroatoms. The van der Waals surface area contributed by atoms with Crippen LogP contribution in [0.1, 0.15) is 20.8 Å². The third-order valence-corrected chi connectivity index (χ3v) is 0. The summed E-state index contributed by atoms with van der Waals surface area (Å²) < 4.78 is 0. The van der Waals surface area contributed by atoms with Crippen LogP contribution in [0, 0.1) is 5.92 Å². The van der Waals surface area contributed by atoms with Gasteiger partial charge in [0.15, 0.2) is 0 Å². The van der Waals surface area contributed by atoms with Gasteiger partial charge >= 0.3 is 57.5 Å². The quantitative estimate of drug-likeness (QED) is 0.323. The monoisotopic (exact) mass is 157 g/mol. The topological polar surface area (TPSA) is 63.3 Å². The Bertz CT molecular complexity index is 59.2. The minimum Gasteiger partial charge on any atom is -0.465 e. The van der Waals surface area contributed by atoms with Crippen molar-refractivity contribution in [3.8, 4) is 0 Å². The summed E-state index contributed by atoms with van der Waals surface area (Å²) in [5.41, 5.74) is 4.03. The fraction of sp³-hybridized carbons (Fsp3) is 0.600. The molecular formula is C5H12KNO2. The van der Waals surface area contributed by atoms with Gasteiger partial charge < -0.3 is 16.8 Å².